The Labute approximate surface area is 83.1 Å². The average Bonchev–Trinajstić information content (AvgIpc) is 2.04. The Morgan fingerprint density at radius 1 is 1.31 bits per heavy atom. The lowest BCUT2D eigenvalue weighted by Gasteiger charge is -2.10. The lowest BCUT2D eigenvalue weighted by atomic mass is 10.2. The number of halogens is 1. The first kappa shape index (κ1) is 10.5. The van der Waals surface area contributed by atoms with Gasteiger partial charge in [-0.25, -0.2) is 8.42 Å². The zero-order chi connectivity index (χ0) is 9.90. The Balaban J connectivity index is 2.72. The van der Waals surface area contributed by atoms with Gasteiger partial charge in [-0.05, 0) is 17.3 Å². The predicted octanol–water partition coefficient (Wildman–Crippen LogP) is 1.60. The molecule has 0 aliphatic carbocycles. The van der Waals surface area contributed by atoms with Gasteiger partial charge in [-0.3, -0.25) is 0 Å². The highest BCUT2D eigenvalue weighted by Gasteiger charge is 2.13. The molecule has 0 amide bonds. The van der Waals surface area contributed by atoms with Crippen molar-refractivity contribution in [1.82, 2.24) is 3.82 Å². The Hall–Kier alpha value is -0.580. The van der Waals surface area contributed by atoms with E-state index in [1.807, 2.05) is 30.3 Å². The topological polar surface area (TPSA) is 37.4 Å². The summed E-state index contributed by atoms with van der Waals surface area (Å²) >= 11 is 5.54. The predicted molar refractivity (Wildman–Crippen MR) is 52.7 cm³/mol. The minimum atomic E-state index is -3.30. The fraction of sp³-hybridized carbons (Fsp3) is 0.250. The molecule has 0 saturated carbocycles. The van der Waals surface area contributed by atoms with Crippen LogP contribution in [0.4, 0.5) is 0 Å². The van der Waals surface area contributed by atoms with Gasteiger partial charge in [-0.1, -0.05) is 30.3 Å². The van der Waals surface area contributed by atoms with E-state index in [4.69, 9.17) is 11.8 Å². The Bertz CT molecular complexity index is 363. The van der Waals surface area contributed by atoms with Crippen LogP contribution in [0.2, 0.25) is 0 Å². The van der Waals surface area contributed by atoms with Crippen LogP contribution < -0.4 is 0 Å². The lowest BCUT2D eigenvalue weighted by Crippen LogP contribution is -2.19. The maximum atomic E-state index is 10.9. The molecule has 1 aromatic rings. The number of nitrogens with zero attached hydrogens (tertiary/aromatic N) is 1. The first-order valence-corrected chi connectivity index (χ1v) is 5.86. The first-order chi connectivity index (χ1) is 6.00. The van der Waals surface area contributed by atoms with Gasteiger partial charge >= 0.3 is 0 Å². The van der Waals surface area contributed by atoms with Gasteiger partial charge in [-0.15, -0.1) is 3.82 Å². The third kappa shape index (κ3) is 3.34. The maximum absolute atomic E-state index is 10.9. The zero-order valence-electron chi connectivity index (χ0n) is 7.14. The number of benzene rings is 1. The van der Waals surface area contributed by atoms with Crippen molar-refractivity contribution in [3.8, 4) is 0 Å². The molecule has 0 N–H and O–H groups in total. The first-order valence-electron chi connectivity index (χ1n) is 3.67. The molecule has 3 nitrogen and oxygen atoms in total. The SMILES string of the molecule is CS(=O)(=O)N(Cl)Cc1ccccc1. The van der Waals surface area contributed by atoms with Crippen molar-refractivity contribution in [3.05, 3.63) is 35.9 Å². The molecule has 0 aromatic heterocycles. The van der Waals surface area contributed by atoms with Crippen molar-refractivity contribution >= 4 is 21.8 Å². The molecule has 1 rings (SSSR count). The van der Waals surface area contributed by atoms with Crippen LogP contribution in [0.15, 0.2) is 30.3 Å². The Morgan fingerprint density at radius 2 is 1.85 bits per heavy atom. The summed E-state index contributed by atoms with van der Waals surface area (Å²) < 4.78 is 22.7. The highest BCUT2D eigenvalue weighted by atomic mass is 35.5. The zero-order valence-corrected chi connectivity index (χ0v) is 8.72. The van der Waals surface area contributed by atoms with Crippen LogP contribution in [-0.2, 0) is 16.6 Å². The summed E-state index contributed by atoms with van der Waals surface area (Å²) in [6.45, 7) is 0.196. The molecular formula is C8H10ClNO2S. The molecule has 72 valence electrons. The molecule has 0 bridgehead atoms. The van der Waals surface area contributed by atoms with E-state index in [0.717, 1.165) is 15.6 Å². The number of rotatable bonds is 3. The highest BCUT2D eigenvalue weighted by Crippen LogP contribution is 2.09. The molecule has 0 aliphatic heterocycles. The Morgan fingerprint density at radius 3 is 2.31 bits per heavy atom. The summed E-state index contributed by atoms with van der Waals surface area (Å²) in [6, 6.07) is 9.17. The molecule has 0 heterocycles. The molecule has 0 unspecified atom stereocenters. The molecular weight excluding hydrogens is 210 g/mol. The summed E-state index contributed by atoms with van der Waals surface area (Å²) in [7, 11) is -3.30. The number of hydrogen-bond donors (Lipinski definition) is 0. The van der Waals surface area contributed by atoms with Gasteiger partial charge < -0.3 is 0 Å². The van der Waals surface area contributed by atoms with Gasteiger partial charge in [0, 0.05) is 0 Å². The molecule has 0 fully saturated rings. The van der Waals surface area contributed by atoms with Crippen molar-refractivity contribution in [2.24, 2.45) is 0 Å². The second kappa shape index (κ2) is 4.09. The maximum Gasteiger partial charge on any atom is 0.224 e. The molecule has 13 heavy (non-hydrogen) atoms. The van der Waals surface area contributed by atoms with E-state index in [2.05, 4.69) is 0 Å². The number of sulfonamides is 1. The van der Waals surface area contributed by atoms with Crippen LogP contribution >= 0.6 is 11.8 Å². The molecule has 5 heteroatoms. The van der Waals surface area contributed by atoms with E-state index in [9.17, 15) is 8.42 Å². The fourth-order valence-electron chi connectivity index (χ4n) is 0.844. The molecule has 0 radical (unpaired) electrons. The van der Waals surface area contributed by atoms with Gasteiger partial charge in [0.05, 0.1) is 12.8 Å². The van der Waals surface area contributed by atoms with Crippen molar-refractivity contribution in [3.63, 3.8) is 0 Å². The van der Waals surface area contributed by atoms with E-state index < -0.39 is 10.0 Å². The summed E-state index contributed by atoms with van der Waals surface area (Å²) in [5, 5.41) is 0. The standard InChI is InChI=1S/C8H10ClNO2S/c1-13(11,12)10(9)7-8-5-3-2-4-6-8/h2-6H,7H2,1H3. The third-order valence-corrected chi connectivity index (χ3v) is 3.23. The number of hydrogen-bond acceptors (Lipinski definition) is 2. The fourth-order valence-corrected chi connectivity index (χ4v) is 1.37. The second-order valence-electron chi connectivity index (χ2n) is 2.69. The quantitative estimate of drug-likeness (QED) is 0.725. The highest BCUT2D eigenvalue weighted by molar-refractivity contribution is 7.89. The largest absolute Gasteiger partial charge is 0.224 e. The van der Waals surface area contributed by atoms with Crippen LogP contribution in [0.25, 0.3) is 0 Å². The molecule has 1 aromatic carbocycles. The second-order valence-corrected chi connectivity index (χ2v) is 5.21. The molecule has 0 saturated heterocycles. The summed E-state index contributed by atoms with van der Waals surface area (Å²) in [5.41, 5.74) is 0.864. The van der Waals surface area contributed by atoms with Crippen molar-refractivity contribution in [2.75, 3.05) is 6.26 Å². The van der Waals surface area contributed by atoms with Gasteiger partial charge in [0.2, 0.25) is 10.0 Å². The van der Waals surface area contributed by atoms with E-state index >= 15 is 0 Å². The lowest BCUT2D eigenvalue weighted by molar-refractivity contribution is 0.541. The van der Waals surface area contributed by atoms with E-state index in [0.29, 0.717) is 0 Å². The van der Waals surface area contributed by atoms with Gasteiger partial charge in [-0.2, -0.15) is 0 Å². The van der Waals surface area contributed by atoms with Crippen LogP contribution in [0.5, 0.6) is 0 Å². The molecule has 0 atom stereocenters. The van der Waals surface area contributed by atoms with Crippen LogP contribution in [-0.4, -0.2) is 18.5 Å². The van der Waals surface area contributed by atoms with Crippen molar-refractivity contribution in [1.29, 1.82) is 0 Å². The van der Waals surface area contributed by atoms with Crippen LogP contribution in [0.1, 0.15) is 5.56 Å². The third-order valence-electron chi connectivity index (χ3n) is 1.51. The summed E-state index contributed by atoms with van der Waals surface area (Å²) in [6.07, 6.45) is 1.07. The van der Waals surface area contributed by atoms with E-state index in [1.165, 1.54) is 0 Å². The smallest absolute Gasteiger partial charge is 0.211 e. The molecule has 0 spiro atoms. The van der Waals surface area contributed by atoms with Gasteiger partial charge in [0.1, 0.15) is 0 Å². The molecule has 0 aliphatic rings. The monoisotopic (exact) mass is 219 g/mol. The summed E-state index contributed by atoms with van der Waals surface area (Å²) in [5.74, 6) is 0. The minimum absolute atomic E-state index is 0.196. The van der Waals surface area contributed by atoms with Gasteiger partial charge in [0.15, 0.2) is 0 Å². The van der Waals surface area contributed by atoms with Crippen molar-refractivity contribution < 1.29 is 8.42 Å². The minimum Gasteiger partial charge on any atom is -0.211 e. The van der Waals surface area contributed by atoms with Crippen LogP contribution in [0.3, 0.4) is 0 Å². The van der Waals surface area contributed by atoms with Crippen LogP contribution in [0, 0.1) is 0 Å². The van der Waals surface area contributed by atoms with E-state index in [-0.39, 0.29) is 6.54 Å². The average molecular weight is 220 g/mol. The van der Waals surface area contributed by atoms with Gasteiger partial charge in [0.25, 0.3) is 0 Å². The summed E-state index contributed by atoms with van der Waals surface area (Å²) in [4.78, 5) is 0. The van der Waals surface area contributed by atoms with Crippen molar-refractivity contribution in [2.45, 2.75) is 6.54 Å². The Kier molecular flexibility index (Phi) is 3.30. The normalized spacial score (nSPS) is 11.9. The van der Waals surface area contributed by atoms with E-state index in [1.54, 1.807) is 0 Å².